The van der Waals surface area contributed by atoms with Crippen molar-refractivity contribution >= 4 is 17.7 Å². The van der Waals surface area contributed by atoms with E-state index in [0.717, 1.165) is 0 Å². The van der Waals surface area contributed by atoms with Gasteiger partial charge in [0.2, 0.25) is 0 Å². The number of ether oxygens (including phenoxy) is 2. The largest absolute Gasteiger partial charge is 0.466 e. The Balaban J connectivity index is 3.20. The Morgan fingerprint density at radius 3 is 2.38 bits per heavy atom. The van der Waals surface area contributed by atoms with E-state index in [1.54, 1.807) is 0 Å². The van der Waals surface area contributed by atoms with E-state index in [9.17, 15) is 9.59 Å². The first-order valence-electron chi connectivity index (χ1n) is 4.42. The fraction of sp³-hybridized carbons (Fsp3) is 0.300. The van der Waals surface area contributed by atoms with Crippen LogP contribution in [0, 0.1) is 0 Å². The third-order valence-electron chi connectivity index (χ3n) is 2.09. The van der Waals surface area contributed by atoms with Gasteiger partial charge in [-0.3, -0.25) is 0 Å². The Labute approximate surface area is 91.8 Å². The van der Waals surface area contributed by atoms with Crippen molar-refractivity contribution in [1.29, 1.82) is 0 Å². The summed E-state index contributed by atoms with van der Waals surface area (Å²) in [4.78, 5) is 25.7. The van der Waals surface area contributed by atoms with Gasteiger partial charge in [0.05, 0.1) is 31.8 Å². The SMILES string of the molecule is COC(=O)C1=C(C(=O)OC)CC(=[N+]=[N-])C=C1. The molecule has 0 heterocycles. The van der Waals surface area contributed by atoms with Crippen LogP contribution in [0.1, 0.15) is 6.42 Å². The molecule has 6 nitrogen and oxygen atoms in total. The summed E-state index contributed by atoms with van der Waals surface area (Å²) in [6.45, 7) is 0. The lowest BCUT2D eigenvalue weighted by Gasteiger charge is -2.10. The molecule has 0 aromatic rings. The van der Waals surface area contributed by atoms with Gasteiger partial charge in [-0.2, -0.15) is 4.79 Å². The standard InChI is InChI=1S/C10H10N2O4/c1-15-9(13)7-4-3-6(12-11)5-8(7)10(14)16-2/h3-4H,5H2,1-2H3. The van der Waals surface area contributed by atoms with Crippen molar-refractivity contribution < 1.29 is 23.9 Å². The Morgan fingerprint density at radius 2 is 1.88 bits per heavy atom. The molecule has 6 heteroatoms. The summed E-state index contributed by atoms with van der Waals surface area (Å²) in [5.74, 6) is -1.28. The third-order valence-corrected chi connectivity index (χ3v) is 2.09. The summed E-state index contributed by atoms with van der Waals surface area (Å²) in [6.07, 6.45) is 2.82. The third kappa shape index (κ3) is 2.24. The normalized spacial score (nSPS) is 14.5. The van der Waals surface area contributed by atoms with Crippen molar-refractivity contribution in [2.75, 3.05) is 14.2 Å². The fourth-order valence-electron chi connectivity index (χ4n) is 1.29. The molecule has 84 valence electrons. The monoisotopic (exact) mass is 222 g/mol. The van der Waals surface area contributed by atoms with Crippen molar-refractivity contribution in [2.24, 2.45) is 0 Å². The molecule has 0 spiro atoms. The van der Waals surface area contributed by atoms with Gasteiger partial charge >= 0.3 is 11.9 Å². The van der Waals surface area contributed by atoms with E-state index in [-0.39, 0.29) is 23.3 Å². The maximum Gasteiger partial charge on any atom is 0.338 e. The van der Waals surface area contributed by atoms with Crippen LogP contribution in [-0.4, -0.2) is 36.7 Å². The van der Waals surface area contributed by atoms with Gasteiger partial charge in [0, 0.05) is 6.08 Å². The van der Waals surface area contributed by atoms with Gasteiger partial charge < -0.3 is 15.0 Å². The quantitative estimate of drug-likeness (QED) is 0.380. The van der Waals surface area contributed by atoms with Gasteiger partial charge in [0.25, 0.3) is 5.71 Å². The second-order valence-electron chi connectivity index (χ2n) is 2.98. The number of allylic oxidation sites excluding steroid dienone is 1. The summed E-state index contributed by atoms with van der Waals surface area (Å²) in [7, 11) is 2.42. The molecule has 0 saturated carbocycles. The Hall–Kier alpha value is -2.20. The molecule has 0 radical (unpaired) electrons. The average Bonchev–Trinajstić information content (AvgIpc) is 2.36. The van der Waals surface area contributed by atoms with Gasteiger partial charge in [-0.1, -0.05) is 0 Å². The summed E-state index contributed by atoms with van der Waals surface area (Å²) < 4.78 is 9.06. The second-order valence-corrected chi connectivity index (χ2v) is 2.98. The van der Waals surface area contributed by atoms with E-state index >= 15 is 0 Å². The topological polar surface area (TPSA) is 89.0 Å². The van der Waals surface area contributed by atoms with Gasteiger partial charge in [0.1, 0.15) is 0 Å². The van der Waals surface area contributed by atoms with Gasteiger partial charge in [-0.05, 0) is 6.08 Å². The smallest absolute Gasteiger partial charge is 0.338 e. The highest BCUT2D eigenvalue weighted by molar-refractivity contribution is 6.10. The van der Waals surface area contributed by atoms with Crippen LogP contribution in [0.3, 0.4) is 0 Å². The van der Waals surface area contributed by atoms with Crippen LogP contribution in [0.15, 0.2) is 23.3 Å². The van der Waals surface area contributed by atoms with Crippen molar-refractivity contribution in [3.63, 3.8) is 0 Å². The zero-order valence-electron chi connectivity index (χ0n) is 8.89. The molecular formula is C10H10N2O4. The van der Waals surface area contributed by atoms with Gasteiger partial charge in [-0.25, -0.2) is 9.59 Å². The maximum absolute atomic E-state index is 11.4. The molecule has 0 fully saturated rings. The number of hydrogen-bond donors (Lipinski definition) is 0. The molecule has 0 bridgehead atoms. The molecule has 0 atom stereocenters. The van der Waals surface area contributed by atoms with E-state index < -0.39 is 11.9 Å². The molecule has 1 aliphatic rings. The minimum Gasteiger partial charge on any atom is -0.466 e. The Morgan fingerprint density at radius 1 is 1.25 bits per heavy atom. The molecule has 0 aromatic carbocycles. The molecule has 0 N–H and O–H groups in total. The van der Waals surface area contributed by atoms with Crippen LogP contribution >= 0.6 is 0 Å². The molecule has 1 rings (SSSR count). The summed E-state index contributed by atoms with van der Waals surface area (Å²) in [6, 6.07) is 0. The predicted octanol–water partition coefficient (Wildman–Crippen LogP) is 0.260. The molecule has 0 unspecified atom stereocenters. The van der Waals surface area contributed by atoms with E-state index in [0.29, 0.717) is 0 Å². The lowest BCUT2D eigenvalue weighted by atomic mass is 9.96. The van der Waals surface area contributed by atoms with Gasteiger partial charge in [0.15, 0.2) is 0 Å². The van der Waals surface area contributed by atoms with Crippen molar-refractivity contribution in [3.8, 4) is 0 Å². The van der Waals surface area contributed by atoms with Crippen LogP contribution < -0.4 is 0 Å². The number of hydrogen-bond acceptors (Lipinski definition) is 4. The van der Waals surface area contributed by atoms with Crippen molar-refractivity contribution in [1.82, 2.24) is 0 Å². The molecule has 1 aliphatic carbocycles. The first-order chi connectivity index (χ1) is 7.63. The Bertz CT molecular complexity index is 442. The number of esters is 2. The zero-order valence-corrected chi connectivity index (χ0v) is 8.89. The van der Waals surface area contributed by atoms with Gasteiger partial charge in [-0.15, -0.1) is 0 Å². The average molecular weight is 222 g/mol. The highest BCUT2D eigenvalue weighted by Gasteiger charge is 2.27. The minimum absolute atomic E-state index is 0.0319. The number of methoxy groups -OCH3 is 2. The maximum atomic E-state index is 11.4. The number of carbonyl (C=O) groups is 2. The number of carbonyl (C=O) groups excluding carboxylic acids is 2. The molecule has 0 aliphatic heterocycles. The fourth-order valence-corrected chi connectivity index (χ4v) is 1.29. The summed E-state index contributed by atoms with van der Waals surface area (Å²) in [5, 5.41) is 0. The highest BCUT2D eigenvalue weighted by Crippen LogP contribution is 2.19. The van der Waals surface area contributed by atoms with E-state index in [2.05, 4.69) is 14.3 Å². The summed E-state index contributed by atoms with van der Waals surface area (Å²) >= 11 is 0. The lowest BCUT2D eigenvalue weighted by Crippen LogP contribution is -2.19. The molecule has 0 amide bonds. The van der Waals surface area contributed by atoms with Crippen LogP contribution in [0.4, 0.5) is 0 Å². The first-order valence-corrected chi connectivity index (χ1v) is 4.42. The lowest BCUT2D eigenvalue weighted by molar-refractivity contribution is -0.139. The number of nitrogens with zero attached hydrogens (tertiary/aromatic N) is 2. The second kappa shape index (κ2) is 5.04. The van der Waals surface area contributed by atoms with Crippen LogP contribution in [0.2, 0.25) is 0 Å². The minimum atomic E-state index is -0.647. The number of rotatable bonds is 2. The molecular weight excluding hydrogens is 212 g/mol. The van der Waals surface area contributed by atoms with Crippen molar-refractivity contribution in [3.05, 3.63) is 28.8 Å². The predicted molar refractivity (Wildman–Crippen MR) is 53.4 cm³/mol. The molecule has 16 heavy (non-hydrogen) atoms. The van der Waals surface area contributed by atoms with Crippen LogP contribution in [0.25, 0.3) is 5.53 Å². The van der Waals surface area contributed by atoms with E-state index in [1.807, 2.05) is 0 Å². The molecule has 0 saturated heterocycles. The first kappa shape index (κ1) is 11.9. The van der Waals surface area contributed by atoms with Crippen molar-refractivity contribution in [2.45, 2.75) is 6.42 Å². The van der Waals surface area contributed by atoms with E-state index in [4.69, 9.17) is 5.53 Å². The zero-order chi connectivity index (χ0) is 12.1. The highest BCUT2D eigenvalue weighted by atomic mass is 16.5. The van der Waals surface area contributed by atoms with Crippen LogP contribution in [-0.2, 0) is 19.1 Å². The summed E-state index contributed by atoms with van der Waals surface area (Å²) in [5.41, 5.74) is 9.09. The Kier molecular flexibility index (Phi) is 3.74. The van der Waals surface area contributed by atoms with Crippen LogP contribution in [0.5, 0.6) is 0 Å². The van der Waals surface area contributed by atoms with E-state index in [1.165, 1.54) is 26.4 Å². The molecule has 0 aromatic heterocycles.